The minimum absolute atomic E-state index is 0.133. The molecule has 1 unspecified atom stereocenters. The average molecular weight is 157 g/mol. The van der Waals surface area contributed by atoms with E-state index < -0.39 is 0 Å². The first-order valence-electron chi connectivity index (χ1n) is 3.38. The van der Waals surface area contributed by atoms with Gasteiger partial charge in [0.25, 0.3) is 0 Å². The Hall–Kier alpha value is -0.240. The highest BCUT2D eigenvalue weighted by molar-refractivity contribution is 7.78. The number of aliphatic imine (C=N–C) groups is 1. The number of nitrogens with zero attached hydrogens (tertiary/aromatic N) is 1. The molecular weight excluding hydrogens is 146 g/mol. The quantitative estimate of drug-likeness (QED) is 0.426. The highest BCUT2D eigenvalue weighted by atomic mass is 32.1. The van der Waals surface area contributed by atoms with Crippen LogP contribution in [0.15, 0.2) is 4.99 Å². The Balaban J connectivity index is 2.68. The molecule has 1 rings (SSSR count). The van der Waals surface area contributed by atoms with Gasteiger partial charge < -0.3 is 4.74 Å². The maximum atomic E-state index is 5.43. The zero-order valence-corrected chi connectivity index (χ0v) is 7.07. The lowest BCUT2D eigenvalue weighted by atomic mass is 10.0. The maximum Gasteiger partial charge on any atom is 0.0908 e. The normalized spacial score (nSPS) is 29.6. The van der Waals surface area contributed by atoms with Gasteiger partial charge in [0.15, 0.2) is 0 Å². The van der Waals surface area contributed by atoms with Crippen molar-refractivity contribution in [1.82, 2.24) is 0 Å². The lowest BCUT2D eigenvalue weighted by Crippen LogP contribution is -2.30. The minimum atomic E-state index is -0.133. The molecule has 1 saturated heterocycles. The molecule has 1 aliphatic rings. The Morgan fingerprint density at radius 2 is 2.40 bits per heavy atom. The van der Waals surface area contributed by atoms with Gasteiger partial charge in [0.05, 0.1) is 16.8 Å². The van der Waals surface area contributed by atoms with Gasteiger partial charge in [0.1, 0.15) is 0 Å². The molecule has 10 heavy (non-hydrogen) atoms. The van der Waals surface area contributed by atoms with Crippen LogP contribution in [0.1, 0.15) is 20.3 Å². The standard InChI is InChI=1S/C7H11NOS/c1-7(2)6(8-5-10)3-4-9-7/h6H,3-4H2,1-2H3. The van der Waals surface area contributed by atoms with Gasteiger partial charge >= 0.3 is 0 Å². The second kappa shape index (κ2) is 2.79. The molecule has 0 aliphatic carbocycles. The molecule has 0 aromatic carbocycles. The van der Waals surface area contributed by atoms with E-state index in [9.17, 15) is 0 Å². The van der Waals surface area contributed by atoms with Crippen molar-refractivity contribution in [3.8, 4) is 0 Å². The summed E-state index contributed by atoms with van der Waals surface area (Å²) in [6.45, 7) is 4.85. The van der Waals surface area contributed by atoms with Crippen molar-refractivity contribution >= 4 is 17.4 Å². The van der Waals surface area contributed by atoms with Crippen LogP contribution in [-0.2, 0) is 4.74 Å². The van der Waals surface area contributed by atoms with Gasteiger partial charge in [-0.15, -0.1) is 0 Å². The lowest BCUT2D eigenvalue weighted by molar-refractivity contribution is 0.0289. The zero-order chi connectivity index (χ0) is 7.61. The molecule has 3 heteroatoms. The number of isothiocyanates is 1. The molecule has 0 spiro atoms. The summed E-state index contributed by atoms with van der Waals surface area (Å²) in [4.78, 5) is 4.02. The Morgan fingerprint density at radius 1 is 1.70 bits per heavy atom. The van der Waals surface area contributed by atoms with Crippen molar-refractivity contribution in [2.24, 2.45) is 4.99 Å². The molecule has 1 heterocycles. The van der Waals surface area contributed by atoms with E-state index in [1.165, 1.54) is 0 Å². The Labute approximate surface area is 66.3 Å². The molecular formula is C7H11NOS. The fraction of sp³-hybridized carbons (Fsp3) is 0.857. The van der Waals surface area contributed by atoms with Crippen LogP contribution in [0.2, 0.25) is 0 Å². The summed E-state index contributed by atoms with van der Waals surface area (Å²) in [7, 11) is 0. The van der Waals surface area contributed by atoms with Crippen LogP contribution in [0.25, 0.3) is 0 Å². The Kier molecular flexibility index (Phi) is 2.19. The summed E-state index contributed by atoms with van der Waals surface area (Å²) in [6, 6.07) is 0.213. The SMILES string of the molecule is CC1(C)OCCC1N=C=S. The predicted octanol–water partition coefficient (Wildman–Crippen LogP) is 1.66. The summed E-state index contributed by atoms with van der Waals surface area (Å²) in [5.41, 5.74) is -0.133. The topological polar surface area (TPSA) is 21.6 Å². The number of rotatable bonds is 1. The summed E-state index contributed by atoms with van der Waals surface area (Å²) in [5, 5.41) is 2.39. The van der Waals surface area contributed by atoms with E-state index in [2.05, 4.69) is 22.4 Å². The molecule has 1 atom stereocenters. The van der Waals surface area contributed by atoms with Gasteiger partial charge in [-0.05, 0) is 32.5 Å². The molecule has 56 valence electrons. The smallest absolute Gasteiger partial charge is 0.0908 e. The number of ether oxygens (including phenoxy) is 1. The van der Waals surface area contributed by atoms with Gasteiger partial charge in [-0.2, -0.15) is 0 Å². The van der Waals surface area contributed by atoms with Crippen LogP contribution < -0.4 is 0 Å². The third-order valence-corrected chi connectivity index (χ3v) is 1.98. The summed E-state index contributed by atoms with van der Waals surface area (Å²) in [5.74, 6) is 0. The van der Waals surface area contributed by atoms with E-state index in [4.69, 9.17) is 4.74 Å². The van der Waals surface area contributed by atoms with E-state index in [1.54, 1.807) is 0 Å². The molecule has 0 bridgehead atoms. The third-order valence-electron chi connectivity index (χ3n) is 1.88. The van der Waals surface area contributed by atoms with Crippen molar-refractivity contribution in [3.63, 3.8) is 0 Å². The minimum Gasteiger partial charge on any atom is -0.373 e. The van der Waals surface area contributed by atoms with Crippen LogP contribution >= 0.6 is 12.2 Å². The average Bonchev–Trinajstić information content (AvgIpc) is 2.13. The van der Waals surface area contributed by atoms with Crippen molar-refractivity contribution < 1.29 is 4.74 Å². The predicted molar refractivity (Wildman–Crippen MR) is 43.5 cm³/mol. The van der Waals surface area contributed by atoms with Crippen LogP contribution in [-0.4, -0.2) is 23.4 Å². The van der Waals surface area contributed by atoms with Crippen LogP contribution in [0.4, 0.5) is 0 Å². The molecule has 1 aliphatic heterocycles. The molecule has 0 aromatic heterocycles. The molecule has 0 radical (unpaired) electrons. The van der Waals surface area contributed by atoms with Gasteiger partial charge in [0, 0.05) is 6.61 Å². The highest BCUT2D eigenvalue weighted by Crippen LogP contribution is 2.27. The molecule has 0 aromatic rings. The monoisotopic (exact) mass is 157 g/mol. The molecule has 2 nitrogen and oxygen atoms in total. The van der Waals surface area contributed by atoms with E-state index in [1.807, 2.05) is 13.8 Å². The summed E-state index contributed by atoms with van der Waals surface area (Å²) >= 11 is 4.52. The Bertz CT molecular complexity index is 172. The Morgan fingerprint density at radius 3 is 2.80 bits per heavy atom. The van der Waals surface area contributed by atoms with E-state index in [0.29, 0.717) is 0 Å². The maximum absolute atomic E-state index is 5.43. The largest absolute Gasteiger partial charge is 0.373 e. The van der Waals surface area contributed by atoms with Gasteiger partial charge in [-0.3, -0.25) is 0 Å². The van der Waals surface area contributed by atoms with Gasteiger partial charge in [-0.1, -0.05) is 0 Å². The van der Waals surface area contributed by atoms with E-state index >= 15 is 0 Å². The first-order chi connectivity index (χ1) is 4.67. The first-order valence-corrected chi connectivity index (χ1v) is 3.78. The van der Waals surface area contributed by atoms with Crippen LogP contribution in [0.5, 0.6) is 0 Å². The van der Waals surface area contributed by atoms with Crippen LogP contribution in [0, 0.1) is 0 Å². The van der Waals surface area contributed by atoms with Gasteiger partial charge in [-0.25, -0.2) is 4.99 Å². The fourth-order valence-electron chi connectivity index (χ4n) is 1.16. The number of hydrogen-bond acceptors (Lipinski definition) is 3. The lowest BCUT2D eigenvalue weighted by Gasteiger charge is -2.20. The third kappa shape index (κ3) is 1.43. The fourth-order valence-corrected chi connectivity index (χ4v) is 1.29. The van der Waals surface area contributed by atoms with Crippen molar-refractivity contribution in [2.75, 3.05) is 6.61 Å². The van der Waals surface area contributed by atoms with Crippen molar-refractivity contribution in [3.05, 3.63) is 0 Å². The molecule has 0 saturated carbocycles. The summed E-state index contributed by atoms with van der Waals surface area (Å²) in [6.07, 6.45) is 0.969. The van der Waals surface area contributed by atoms with E-state index in [-0.39, 0.29) is 11.6 Å². The zero-order valence-electron chi connectivity index (χ0n) is 6.26. The van der Waals surface area contributed by atoms with Crippen molar-refractivity contribution in [1.29, 1.82) is 0 Å². The number of hydrogen-bond donors (Lipinski definition) is 0. The summed E-state index contributed by atoms with van der Waals surface area (Å²) < 4.78 is 5.43. The van der Waals surface area contributed by atoms with E-state index in [0.717, 1.165) is 13.0 Å². The molecule has 1 fully saturated rings. The van der Waals surface area contributed by atoms with Gasteiger partial charge in [0.2, 0.25) is 0 Å². The van der Waals surface area contributed by atoms with Crippen LogP contribution in [0.3, 0.4) is 0 Å². The number of thiocarbonyl (C=S) groups is 1. The second-order valence-electron chi connectivity index (χ2n) is 2.98. The first kappa shape index (κ1) is 7.86. The van der Waals surface area contributed by atoms with Crippen molar-refractivity contribution in [2.45, 2.75) is 31.9 Å². The molecule has 0 N–H and O–H groups in total. The second-order valence-corrected chi connectivity index (χ2v) is 3.16. The highest BCUT2D eigenvalue weighted by Gasteiger charge is 2.35. The molecule has 0 amide bonds.